The van der Waals surface area contributed by atoms with Crippen LogP contribution >= 0.6 is 0 Å². The maximum Gasteiger partial charge on any atom is 0.251 e. The molecule has 4 heteroatoms. The number of hydrogen-bond donors (Lipinski definition) is 2. The van der Waals surface area contributed by atoms with E-state index in [1.807, 2.05) is 49.4 Å². The second-order valence-electron chi connectivity index (χ2n) is 5.07. The minimum Gasteiger partial charge on any atom is -0.493 e. The van der Waals surface area contributed by atoms with Gasteiger partial charge in [-0.05, 0) is 37.6 Å². The van der Waals surface area contributed by atoms with Gasteiger partial charge in [0.2, 0.25) is 0 Å². The fourth-order valence-electron chi connectivity index (χ4n) is 2.16. The number of aliphatic hydroxyl groups is 1. The third-order valence-electron chi connectivity index (χ3n) is 3.18. The molecule has 1 atom stereocenters. The zero-order chi connectivity index (χ0) is 15.9. The summed E-state index contributed by atoms with van der Waals surface area (Å²) in [5.74, 6) is 0.600. The van der Waals surface area contributed by atoms with E-state index < -0.39 is 6.10 Å². The van der Waals surface area contributed by atoms with Gasteiger partial charge in [0.15, 0.2) is 0 Å². The summed E-state index contributed by atoms with van der Waals surface area (Å²) in [6.45, 7) is 4.40. The van der Waals surface area contributed by atoms with Crippen LogP contribution in [0, 0.1) is 0 Å². The average molecular weight is 299 g/mol. The Hall–Kier alpha value is -2.33. The molecule has 0 heterocycles. The summed E-state index contributed by atoms with van der Waals surface area (Å²) in [4.78, 5) is 12.1. The van der Waals surface area contributed by atoms with E-state index >= 15 is 0 Å². The van der Waals surface area contributed by atoms with Gasteiger partial charge in [-0.2, -0.15) is 0 Å². The van der Waals surface area contributed by atoms with Crippen molar-refractivity contribution in [2.45, 2.75) is 20.0 Å². The van der Waals surface area contributed by atoms with Crippen LogP contribution in [0.2, 0.25) is 0 Å². The summed E-state index contributed by atoms with van der Waals surface area (Å²) >= 11 is 0. The first-order chi connectivity index (χ1) is 10.6. The summed E-state index contributed by atoms with van der Waals surface area (Å²) in [6.07, 6.45) is -0.564. The van der Waals surface area contributed by atoms with Crippen molar-refractivity contribution < 1.29 is 14.6 Å². The van der Waals surface area contributed by atoms with Crippen LogP contribution in [-0.2, 0) is 0 Å². The summed E-state index contributed by atoms with van der Waals surface area (Å²) in [7, 11) is 0. The third kappa shape index (κ3) is 4.09. The molecule has 4 nitrogen and oxygen atoms in total. The number of carbonyl (C=O) groups excluding carboxylic acids is 1. The van der Waals surface area contributed by atoms with E-state index in [0.29, 0.717) is 12.2 Å². The fraction of sp³-hybridized carbons (Fsp3) is 0.278. The molecule has 0 aliphatic carbocycles. The van der Waals surface area contributed by atoms with Crippen molar-refractivity contribution in [3.8, 4) is 16.9 Å². The molecule has 0 aliphatic rings. The normalized spacial score (nSPS) is 11.8. The highest BCUT2D eigenvalue weighted by Gasteiger charge is 2.10. The third-order valence-corrected chi connectivity index (χ3v) is 3.18. The van der Waals surface area contributed by atoms with E-state index in [0.717, 1.165) is 16.9 Å². The zero-order valence-corrected chi connectivity index (χ0v) is 12.9. The number of benzene rings is 2. The van der Waals surface area contributed by atoms with Crippen molar-refractivity contribution in [2.24, 2.45) is 0 Å². The second-order valence-corrected chi connectivity index (χ2v) is 5.07. The molecule has 22 heavy (non-hydrogen) atoms. The molecule has 0 unspecified atom stereocenters. The molecule has 0 saturated carbocycles. The van der Waals surface area contributed by atoms with Crippen LogP contribution in [0.1, 0.15) is 24.2 Å². The summed E-state index contributed by atoms with van der Waals surface area (Å²) in [5, 5.41) is 11.9. The Labute approximate surface area is 130 Å². The minimum atomic E-state index is -0.564. The lowest BCUT2D eigenvalue weighted by Crippen LogP contribution is -2.30. The monoisotopic (exact) mass is 299 g/mol. The van der Waals surface area contributed by atoms with Crippen molar-refractivity contribution in [3.63, 3.8) is 0 Å². The summed E-state index contributed by atoms with van der Waals surface area (Å²) in [6, 6.07) is 15.1. The molecule has 0 saturated heterocycles. The van der Waals surface area contributed by atoms with E-state index in [1.165, 1.54) is 0 Å². The molecule has 0 aromatic heterocycles. The van der Waals surface area contributed by atoms with E-state index in [-0.39, 0.29) is 12.5 Å². The SMILES string of the molecule is CCOc1ccccc1-c1cccc(C(=O)NC[C@H](C)O)c1. The first-order valence-electron chi connectivity index (χ1n) is 7.40. The summed E-state index contributed by atoms with van der Waals surface area (Å²) in [5.41, 5.74) is 2.44. The predicted molar refractivity (Wildman–Crippen MR) is 87.1 cm³/mol. The Kier molecular flexibility index (Phi) is 5.55. The Morgan fingerprint density at radius 1 is 1.23 bits per heavy atom. The Bertz CT molecular complexity index is 638. The van der Waals surface area contributed by atoms with Gasteiger partial charge in [0.05, 0.1) is 12.7 Å². The highest BCUT2D eigenvalue weighted by atomic mass is 16.5. The van der Waals surface area contributed by atoms with Crippen molar-refractivity contribution in [2.75, 3.05) is 13.2 Å². The number of ether oxygens (including phenoxy) is 1. The van der Waals surface area contributed by atoms with Crippen LogP contribution in [0.3, 0.4) is 0 Å². The Balaban J connectivity index is 2.27. The van der Waals surface area contributed by atoms with Gasteiger partial charge in [-0.1, -0.05) is 30.3 Å². The lowest BCUT2D eigenvalue weighted by molar-refractivity contribution is 0.0924. The standard InChI is InChI=1S/C18H21NO3/c1-3-22-17-10-5-4-9-16(17)14-7-6-8-15(11-14)18(21)19-12-13(2)20/h4-11,13,20H,3,12H2,1-2H3,(H,19,21)/t13-/m0/s1. The number of aliphatic hydroxyl groups excluding tert-OH is 1. The molecule has 116 valence electrons. The van der Waals surface area contributed by atoms with E-state index in [1.54, 1.807) is 13.0 Å². The number of rotatable bonds is 6. The Morgan fingerprint density at radius 2 is 2.00 bits per heavy atom. The van der Waals surface area contributed by atoms with Gasteiger partial charge in [0.1, 0.15) is 5.75 Å². The molecule has 1 amide bonds. The molecule has 2 N–H and O–H groups in total. The van der Waals surface area contributed by atoms with Gasteiger partial charge in [-0.15, -0.1) is 0 Å². The van der Waals surface area contributed by atoms with Gasteiger partial charge in [0.25, 0.3) is 5.91 Å². The van der Waals surface area contributed by atoms with Crippen LogP contribution < -0.4 is 10.1 Å². The van der Waals surface area contributed by atoms with Gasteiger partial charge in [-0.25, -0.2) is 0 Å². The molecule has 2 aromatic carbocycles. The highest BCUT2D eigenvalue weighted by Crippen LogP contribution is 2.30. The molecule has 2 rings (SSSR count). The highest BCUT2D eigenvalue weighted by molar-refractivity contribution is 5.95. The van der Waals surface area contributed by atoms with Crippen LogP contribution in [-0.4, -0.2) is 30.3 Å². The smallest absolute Gasteiger partial charge is 0.251 e. The molecule has 0 spiro atoms. The number of carbonyl (C=O) groups is 1. The average Bonchev–Trinajstić information content (AvgIpc) is 2.53. The lowest BCUT2D eigenvalue weighted by atomic mass is 10.0. The molecule has 2 aromatic rings. The zero-order valence-electron chi connectivity index (χ0n) is 12.9. The van der Waals surface area contributed by atoms with Crippen molar-refractivity contribution >= 4 is 5.91 Å². The van der Waals surface area contributed by atoms with Gasteiger partial charge >= 0.3 is 0 Å². The van der Waals surface area contributed by atoms with E-state index in [9.17, 15) is 9.90 Å². The number of nitrogens with one attached hydrogen (secondary N) is 1. The molecule has 0 bridgehead atoms. The number of amides is 1. The molecular formula is C18H21NO3. The molecule has 0 radical (unpaired) electrons. The summed E-state index contributed by atoms with van der Waals surface area (Å²) < 4.78 is 5.64. The van der Waals surface area contributed by atoms with E-state index in [2.05, 4.69) is 5.32 Å². The lowest BCUT2D eigenvalue weighted by Gasteiger charge is -2.12. The first kappa shape index (κ1) is 16.0. The maximum absolute atomic E-state index is 12.1. The van der Waals surface area contributed by atoms with Crippen molar-refractivity contribution in [1.82, 2.24) is 5.32 Å². The molecular weight excluding hydrogens is 278 g/mol. The van der Waals surface area contributed by atoms with Gasteiger partial charge in [0, 0.05) is 17.7 Å². The largest absolute Gasteiger partial charge is 0.493 e. The quantitative estimate of drug-likeness (QED) is 0.862. The van der Waals surface area contributed by atoms with Crippen molar-refractivity contribution in [3.05, 3.63) is 54.1 Å². The van der Waals surface area contributed by atoms with E-state index in [4.69, 9.17) is 4.74 Å². The first-order valence-corrected chi connectivity index (χ1v) is 7.40. The number of para-hydroxylation sites is 1. The van der Waals surface area contributed by atoms with Gasteiger partial charge in [-0.3, -0.25) is 4.79 Å². The van der Waals surface area contributed by atoms with Crippen LogP contribution in [0.15, 0.2) is 48.5 Å². The Morgan fingerprint density at radius 3 is 2.73 bits per heavy atom. The van der Waals surface area contributed by atoms with Crippen LogP contribution in [0.25, 0.3) is 11.1 Å². The van der Waals surface area contributed by atoms with Gasteiger partial charge < -0.3 is 15.2 Å². The van der Waals surface area contributed by atoms with Crippen LogP contribution in [0.4, 0.5) is 0 Å². The topological polar surface area (TPSA) is 58.6 Å². The number of hydrogen-bond acceptors (Lipinski definition) is 3. The minimum absolute atomic E-state index is 0.198. The predicted octanol–water partition coefficient (Wildman–Crippen LogP) is 2.86. The molecule has 0 fully saturated rings. The second kappa shape index (κ2) is 7.61. The van der Waals surface area contributed by atoms with Crippen molar-refractivity contribution in [1.29, 1.82) is 0 Å². The molecule has 0 aliphatic heterocycles. The van der Waals surface area contributed by atoms with Crippen LogP contribution in [0.5, 0.6) is 5.75 Å². The fourth-order valence-corrected chi connectivity index (χ4v) is 2.16. The maximum atomic E-state index is 12.1.